The molecule has 2 aliphatic carbocycles. The molecule has 2 rings (SSSR count). The van der Waals surface area contributed by atoms with E-state index in [1.54, 1.807) is 20.8 Å². The Balaban J connectivity index is 2.54. The minimum atomic E-state index is -5.88. The fraction of sp³-hybridized carbons (Fsp3) is 0.750. The highest BCUT2D eigenvalue weighted by Crippen LogP contribution is 2.71. The molecular weight excluding hydrogens is 313 g/mol. The average Bonchev–Trinajstić information content (AvgIpc) is 2.54. The van der Waals surface area contributed by atoms with Crippen LogP contribution >= 0.6 is 0 Å². The molecule has 9 heteroatoms. The maximum atomic E-state index is 12.5. The minimum Gasteiger partial charge on any atom is -0.480 e. The zero-order valence-corrected chi connectivity index (χ0v) is 12.4. The zero-order chi connectivity index (χ0) is 16.5. The molecule has 0 heterocycles. The molecule has 5 nitrogen and oxygen atoms in total. The molecule has 1 saturated carbocycles. The van der Waals surface area contributed by atoms with Crippen molar-refractivity contribution >= 4 is 16.1 Å². The van der Waals surface area contributed by atoms with E-state index in [1.807, 2.05) is 0 Å². The standard InChI is InChI=1S/C12H15F3O5S/c1-9(2)10(3)4-5-11(9,8(16)17)7(6-10)20-21(18,19)12(13,14)15/h6H,4-5H2,1-3H3,(H,16,17)/t10-,11+/m1/s1. The van der Waals surface area contributed by atoms with E-state index in [9.17, 15) is 31.5 Å². The second-order valence-electron chi connectivity index (χ2n) is 6.24. The Labute approximate surface area is 119 Å². The molecule has 1 N–H and O–H groups in total. The first kappa shape index (κ1) is 16.1. The van der Waals surface area contributed by atoms with E-state index in [0.29, 0.717) is 6.42 Å². The molecule has 2 aliphatic rings. The monoisotopic (exact) mass is 328 g/mol. The summed E-state index contributed by atoms with van der Waals surface area (Å²) < 4.78 is 63.9. The number of carboxylic acids is 1. The first-order chi connectivity index (χ1) is 9.21. The van der Waals surface area contributed by atoms with Gasteiger partial charge < -0.3 is 9.29 Å². The van der Waals surface area contributed by atoms with E-state index >= 15 is 0 Å². The third-order valence-corrected chi connectivity index (χ3v) is 6.20. The van der Waals surface area contributed by atoms with Crippen molar-refractivity contribution in [1.82, 2.24) is 0 Å². The number of carbonyl (C=O) groups is 1. The van der Waals surface area contributed by atoms with Crippen molar-refractivity contribution < 1.29 is 35.7 Å². The lowest BCUT2D eigenvalue weighted by Crippen LogP contribution is -2.44. The molecule has 0 aromatic rings. The third kappa shape index (κ3) is 1.75. The van der Waals surface area contributed by atoms with Crippen molar-refractivity contribution in [2.24, 2.45) is 16.2 Å². The smallest absolute Gasteiger partial charge is 0.480 e. The second-order valence-corrected chi connectivity index (χ2v) is 7.78. The highest BCUT2D eigenvalue weighted by atomic mass is 32.2. The third-order valence-electron chi connectivity index (χ3n) is 5.23. The molecule has 2 bridgehead atoms. The Hall–Kier alpha value is -1.25. The summed E-state index contributed by atoms with van der Waals surface area (Å²) in [7, 11) is -5.88. The predicted octanol–water partition coefficient (Wildman–Crippen LogP) is 2.65. The number of alkyl halides is 3. The van der Waals surface area contributed by atoms with Gasteiger partial charge in [0.05, 0.1) is 0 Å². The van der Waals surface area contributed by atoms with Crippen LogP contribution in [0.3, 0.4) is 0 Å². The summed E-state index contributed by atoms with van der Waals surface area (Å²) in [6.07, 6.45) is 1.68. The molecule has 0 aromatic heterocycles. The minimum absolute atomic E-state index is 0.0328. The number of hydrogen-bond acceptors (Lipinski definition) is 4. The van der Waals surface area contributed by atoms with E-state index in [0.717, 1.165) is 0 Å². The highest BCUT2D eigenvalue weighted by molar-refractivity contribution is 7.87. The molecule has 1 fully saturated rings. The molecular formula is C12H15F3O5S. The normalized spacial score (nSPS) is 34.7. The van der Waals surface area contributed by atoms with E-state index < -0.39 is 43.6 Å². The lowest BCUT2D eigenvalue weighted by atomic mass is 9.63. The molecule has 21 heavy (non-hydrogen) atoms. The number of halogens is 3. The van der Waals surface area contributed by atoms with Gasteiger partial charge in [0, 0.05) is 0 Å². The van der Waals surface area contributed by atoms with Gasteiger partial charge in [0.15, 0.2) is 0 Å². The van der Waals surface area contributed by atoms with Gasteiger partial charge in [0.1, 0.15) is 11.2 Å². The highest BCUT2D eigenvalue weighted by Gasteiger charge is 2.72. The molecule has 0 spiro atoms. The van der Waals surface area contributed by atoms with Crippen LogP contribution in [0.2, 0.25) is 0 Å². The Kier molecular flexibility index (Phi) is 3.02. The van der Waals surface area contributed by atoms with Crippen LogP contribution in [0.5, 0.6) is 0 Å². The molecule has 0 aromatic carbocycles. The summed E-state index contributed by atoms with van der Waals surface area (Å²) in [4.78, 5) is 11.7. The zero-order valence-electron chi connectivity index (χ0n) is 11.6. The van der Waals surface area contributed by atoms with Crippen molar-refractivity contribution in [3.8, 4) is 0 Å². The maximum absolute atomic E-state index is 12.5. The van der Waals surface area contributed by atoms with Gasteiger partial charge in [0.2, 0.25) is 0 Å². The quantitative estimate of drug-likeness (QED) is 0.636. The molecule has 0 amide bonds. The van der Waals surface area contributed by atoms with Crippen LogP contribution in [0.1, 0.15) is 33.6 Å². The summed E-state index contributed by atoms with van der Waals surface area (Å²) in [6, 6.07) is 0. The lowest BCUT2D eigenvalue weighted by Gasteiger charge is -2.39. The first-order valence-electron chi connectivity index (χ1n) is 6.19. The summed E-state index contributed by atoms with van der Waals surface area (Å²) in [5.41, 5.74) is -9.05. The molecule has 120 valence electrons. The lowest BCUT2D eigenvalue weighted by molar-refractivity contribution is -0.154. The van der Waals surface area contributed by atoms with Crippen molar-refractivity contribution in [2.75, 3.05) is 0 Å². The summed E-state index contributed by atoms with van der Waals surface area (Å²) in [5.74, 6) is -2.01. The van der Waals surface area contributed by atoms with Gasteiger partial charge in [-0.05, 0) is 29.7 Å². The molecule has 0 radical (unpaired) electrons. The van der Waals surface area contributed by atoms with Gasteiger partial charge in [-0.25, -0.2) is 0 Å². The fourth-order valence-corrected chi connectivity index (χ4v) is 3.92. The first-order valence-corrected chi connectivity index (χ1v) is 7.60. The predicted molar refractivity (Wildman–Crippen MR) is 65.3 cm³/mol. The van der Waals surface area contributed by atoms with Crippen LogP contribution in [-0.2, 0) is 19.1 Å². The number of fused-ring (bicyclic) bond motifs is 2. The van der Waals surface area contributed by atoms with Crippen molar-refractivity contribution in [3.63, 3.8) is 0 Å². The number of hydrogen-bond donors (Lipinski definition) is 1. The molecule has 2 atom stereocenters. The molecule has 0 saturated heterocycles. The Morgan fingerprint density at radius 1 is 1.29 bits per heavy atom. The number of allylic oxidation sites excluding steroid dienone is 1. The Morgan fingerprint density at radius 3 is 2.19 bits per heavy atom. The van der Waals surface area contributed by atoms with E-state index in [1.165, 1.54) is 6.08 Å². The average molecular weight is 328 g/mol. The Morgan fingerprint density at radius 2 is 1.81 bits per heavy atom. The van der Waals surface area contributed by atoms with Gasteiger partial charge in [-0.2, -0.15) is 21.6 Å². The van der Waals surface area contributed by atoms with Crippen molar-refractivity contribution in [2.45, 2.75) is 39.1 Å². The van der Waals surface area contributed by atoms with E-state index in [2.05, 4.69) is 4.18 Å². The largest absolute Gasteiger partial charge is 0.534 e. The van der Waals surface area contributed by atoms with Gasteiger partial charge in [-0.15, -0.1) is 0 Å². The van der Waals surface area contributed by atoms with Crippen LogP contribution in [0.4, 0.5) is 13.2 Å². The van der Waals surface area contributed by atoms with Gasteiger partial charge >= 0.3 is 21.6 Å². The van der Waals surface area contributed by atoms with Gasteiger partial charge in [0.25, 0.3) is 0 Å². The number of rotatable bonds is 3. The SMILES string of the molecule is CC1(C)[C@@]2(C(=O)O)CC[C@]1(C)C=C2OS(=O)(=O)C(F)(F)F. The topological polar surface area (TPSA) is 80.7 Å². The summed E-state index contributed by atoms with van der Waals surface area (Å²) in [5, 5.41) is 9.51. The van der Waals surface area contributed by atoms with Crippen LogP contribution in [-0.4, -0.2) is 25.0 Å². The molecule has 0 aliphatic heterocycles. The van der Waals surface area contributed by atoms with Gasteiger partial charge in [-0.3, -0.25) is 4.79 Å². The fourth-order valence-electron chi connectivity index (χ4n) is 3.40. The maximum Gasteiger partial charge on any atom is 0.534 e. The van der Waals surface area contributed by atoms with Crippen LogP contribution in [0.15, 0.2) is 11.8 Å². The number of aliphatic carboxylic acids is 1. The number of carboxylic acid groups (broad SMARTS) is 1. The van der Waals surface area contributed by atoms with Crippen LogP contribution < -0.4 is 0 Å². The van der Waals surface area contributed by atoms with Gasteiger partial charge in [-0.1, -0.05) is 20.8 Å². The van der Waals surface area contributed by atoms with Crippen molar-refractivity contribution in [1.29, 1.82) is 0 Å². The summed E-state index contributed by atoms with van der Waals surface area (Å²) >= 11 is 0. The van der Waals surface area contributed by atoms with Crippen molar-refractivity contribution in [3.05, 3.63) is 11.8 Å². The Bertz CT molecular complexity index is 634. The van der Waals surface area contributed by atoms with Crippen LogP contribution in [0, 0.1) is 16.2 Å². The van der Waals surface area contributed by atoms with Crippen LogP contribution in [0.25, 0.3) is 0 Å². The summed E-state index contributed by atoms with van der Waals surface area (Å²) in [6.45, 7) is 4.89. The molecule has 0 unspecified atom stereocenters. The van der Waals surface area contributed by atoms with E-state index in [4.69, 9.17) is 0 Å². The second kappa shape index (κ2) is 3.93. The van der Waals surface area contributed by atoms with E-state index in [-0.39, 0.29) is 6.42 Å².